The van der Waals surface area contributed by atoms with Crippen LogP contribution in [0.4, 0.5) is 5.13 Å². The van der Waals surface area contributed by atoms with Gasteiger partial charge in [0.2, 0.25) is 0 Å². The third-order valence-electron chi connectivity index (χ3n) is 4.26. The van der Waals surface area contributed by atoms with Gasteiger partial charge in [-0.05, 0) is 49.2 Å². The van der Waals surface area contributed by atoms with E-state index in [0.717, 1.165) is 29.7 Å². The summed E-state index contributed by atoms with van der Waals surface area (Å²) in [5.74, 6) is -0.0776. The van der Waals surface area contributed by atoms with E-state index in [-0.39, 0.29) is 12.0 Å². The summed E-state index contributed by atoms with van der Waals surface area (Å²) in [5, 5.41) is 1.32. The van der Waals surface area contributed by atoms with Crippen molar-refractivity contribution in [1.82, 2.24) is 4.98 Å². The number of halogens is 1. The Bertz CT molecular complexity index is 855. The molecule has 0 bridgehead atoms. The number of benzene rings is 2. The van der Waals surface area contributed by atoms with Crippen LogP contribution in [0.2, 0.25) is 5.02 Å². The standard InChI is InChI=1S/C19H17ClN2O2S/c20-14-9-7-13(8-10-14)18(23)22(12-15-4-3-11-24-15)19-21-16-5-1-2-6-17(16)25-19/h1-2,5-10,15H,3-4,11-12H2. The van der Waals surface area contributed by atoms with E-state index in [0.29, 0.717) is 22.3 Å². The maximum absolute atomic E-state index is 13.1. The van der Waals surface area contributed by atoms with Gasteiger partial charge in [-0.25, -0.2) is 4.98 Å². The van der Waals surface area contributed by atoms with Gasteiger partial charge in [-0.1, -0.05) is 35.1 Å². The van der Waals surface area contributed by atoms with E-state index in [1.54, 1.807) is 29.2 Å². The minimum absolute atomic E-state index is 0.0586. The van der Waals surface area contributed by atoms with Crippen molar-refractivity contribution >= 4 is 44.2 Å². The number of aromatic nitrogens is 1. The minimum atomic E-state index is -0.0776. The number of nitrogens with zero attached hydrogens (tertiary/aromatic N) is 2. The minimum Gasteiger partial charge on any atom is -0.376 e. The Hall–Kier alpha value is -1.95. The summed E-state index contributed by atoms with van der Waals surface area (Å²) in [6.07, 6.45) is 2.06. The molecule has 3 aromatic rings. The lowest BCUT2D eigenvalue weighted by molar-refractivity contribution is 0.0917. The van der Waals surface area contributed by atoms with Crippen LogP contribution in [-0.4, -0.2) is 30.1 Å². The normalized spacial score (nSPS) is 17.1. The Labute approximate surface area is 155 Å². The van der Waals surface area contributed by atoms with Gasteiger partial charge >= 0.3 is 0 Å². The van der Waals surface area contributed by atoms with Crippen molar-refractivity contribution in [1.29, 1.82) is 0 Å². The summed E-state index contributed by atoms with van der Waals surface area (Å²) in [7, 11) is 0. The van der Waals surface area contributed by atoms with E-state index in [1.807, 2.05) is 24.3 Å². The predicted molar refractivity (Wildman–Crippen MR) is 102 cm³/mol. The molecule has 25 heavy (non-hydrogen) atoms. The van der Waals surface area contributed by atoms with Crippen LogP contribution in [-0.2, 0) is 4.74 Å². The van der Waals surface area contributed by atoms with Gasteiger partial charge in [0.1, 0.15) is 0 Å². The molecule has 0 N–H and O–H groups in total. The molecule has 1 aromatic heterocycles. The third-order valence-corrected chi connectivity index (χ3v) is 5.57. The van der Waals surface area contributed by atoms with E-state index in [2.05, 4.69) is 4.98 Å². The highest BCUT2D eigenvalue weighted by Crippen LogP contribution is 2.30. The molecule has 0 radical (unpaired) electrons. The van der Waals surface area contributed by atoms with Gasteiger partial charge in [0.15, 0.2) is 5.13 Å². The smallest absolute Gasteiger partial charge is 0.260 e. The fourth-order valence-electron chi connectivity index (χ4n) is 2.96. The number of carbonyl (C=O) groups is 1. The van der Waals surface area contributed by atoms with E-state index < -0.39 is 0 Å². The average molecular weight is 373 g/mol. The first-order valence-corrected chi connectivity index (χ1v) is 9.45. The van der Waals surface area contributed by atoms with Crippen molar-refractivity contribution in [2.45, 2.75) is 18.9 Å². The summed E-state index contributed by atoms with van der Waals surface area (Å²) in [5.41, 5.74) is 1.50. The molecule has 0 spiro atoms. The van der Waals surface area contributed by atoms with Crippen molar-refractivity contribution < 1.29 is 9.53 Å². The van der Waals surface area contributed by atoms with Gasteiger partial charge in [0, 0.05) is 17.2 Å². The fraction of sp³-hybridized carbons (Fsp3) is 0.263. The second kappa shape index (κ2) is 7.12. The SMILES string of the molecule is O=C(c1ccc(Cl)cc1)N(CC1CCCO1)c1nc2ccccc2s1. The first kappa shape index (κ1) is 16.5. The number of thiazole rings is 1. The Kier molecular flexibility index (Phi) is 4.70. The molecule has 0 saturated carbocycles. The number of para-hydroxylation sites is 1. The quantitative estimate of drug-likeness (QED) is 0.662. The molecule has 128 valence electrons. The van der Waals surface area contributed by atoms with Gasteiger partial charge in [-0.3, -0.25) is 9.69 Å². The molecule has 1 aliphatic heterocycles. The molecule has 1 fully saturated rings. The topological polar surface area (TPSA) is 42.4 Å². The summed E-state index contributed by atoms with van der Waals surface area (Å²) in [6, 6.07) is 14.9. The van der Waals surface area contributed by atoms with Crippen LogP contribution in [0.15, 0.2) is 48.5 Å². The second-order valence-corrected chi connectivity index (χ2v) is 7.47. The number of anilines is 1. The molecule has 1 saturated heterocycles. The molecule has 1 atom stereocenters. The number of ether oxygens (including phenoxy) is 1. The maximum Gasteiger partial charge on any atom is 0.260 e. The van der Waals surface area contributed by atoms with E-state index in [1.165, 1.54) is 11.3 Å². The molecular weight excluding hydrogens is 356 g/mol. The van der Waals surface area contributed by atoms with Crippen molar-refractivity contribution in [2.24, 2.45) is 0 Å². The van der Waals surface area contributed by atoms with Crippen LogP contribution in [0.3, 0.4) is 0 Å². The lowest BCUT2D eigenvalue weighted by Gasteiger charge is -2.23. The third kappa shape index (κ3) is 3.54. The molecule has 1 amide bonds. The first-order valence-electron chi connectivity index (χ1n) is 8.25. The van der Waals surface area contributed by atoms with Crippen LogP contribution in [0.5, 0.6) is 0 Å². The zero-order valence-electron chi connectivity index (χ0n) is 13.5. The average Bonchev–Trinajstić information content (AvgIpc) is 3.29. The lowest BCUT2D eigenvalue weighted by atomic mass is 10.2. The molecule has 4 nitrogen and oxygen atoms in total. The van der Waals surface area contributed by atoms with Gasteiger partial charge in [0.05, 0.1) is 22.9 Å². The monoisotopic (exact) mass is 372 g/mol. The van der Waals surface area contributed by atoms with E-state index >= 15 is 0 Å². The molecule has 2 aromatic carbocycles. The maximum atomic E-state index is 13.1. The number of hydrogen-bond acceptors (Lipinski definition) is 4. The Balaban J connectivity index is 1.69. The number of amides is 1. The van der Waals surface area contributed by atoms with Crippen LogP contribution in [0.25, 0.3) is 10.2 Å². The Morgan fingerprint density at radius 3 is 2.76 bits per heavy atom. The Morgan fingerprint density at radius 2 is 2.04 bits per heavy atom. The zero-order valence-corrected chi connectivity index (χ0v) is 15.1. The largest absolute Gasteiger partial charge is 0.376 e. The molecule has 1 unspecified atom stereocenters. The lowest BCUT2D eigenvalue weighted by Crippen LogP contribution is -2.37. The van der Waals surface area contributed by atoms with Gasteiger partial charge in [0.25, 0.3) is 5.91 Å². The predicted octanol–water partition coefficient (Wildman–Crippen LogP) is 4.78. The molecular formula is C19H17ClN2O2S. The van der Waals surface area contributed by atoms with Gasteiger partial charge in [-0.15, -0.1) is 0 Å². The summed E-state index contributed by atoms with van der Waals surface area (Å²) in [6.45, 7) is 1.27. The number of carbonyl (C=O) groups excluding carboxylic acids is 1. The van der Waals surface area contributed by atoms with Crippen LogP contribution < -0.4 is 4.90 Å². The summed E-state index contributed by atoms with van der Waals surface area (Å²) < 4.78 is 6.81. The first-order chi connectivity index (χ1) is 12.2. The highest BCUT2D eigenvalue weighted by Gasteiger charge is 2.27. The molecule has 1 aliphatic rings. The second-order valence-electron chi connectivity index (χ2n) is 6.02. The molecule has 4 rings (SSSR count). The summed E-state index contributed by atoms with van der Waals surface area (Å²) >= 11 is 7.48. The Morgan fingerprint density at radius 1 is 1.24 bits per heavy atom. The highest BCUT2D eigenvalue weighted by atomic mass is 35.5. The van der Waals surface area contributed by atoms with E-state index in [4.69, 9.17) is 16.3 Å². The number of hydrogen-bond donors (Lipinski definition) is 0. The van der Waals surface area contributed by atoms with E-state index in [9.17, 15) is 4.79 Å². The van der Waals surface area contributed by atoms with Crippen molar-refractivity contribution in [3.63, 3.8) is 0 Å². The summed E-state index contributed by atoms with van der Waals surface area (Å²) in [4.78, 5) is 19.5. The number of rotatable bonds is 4. The van der Waals surface area contributed by atoms with Crippen LogP contribution in [0.1, 0.15) is 23.2 Å². The van der Waals surface area contributed by atoms with Crippen LogP contribution >= 0.6 is 22.9 Å². The van der Waals surface area contributed by atoms with Crippen molar-refractivity contribution in [2.75, 3.05) is 18.1 Å². The molecule has 2 heterocycles. The van der Waals surface area contributed by atoms with Crippen molar-refractivity contribution in [3.05, 3.63) is 59.1 Å². The molecule has 6 heteroatoms. The van der Waals surface area contributed by atoms with Gasteiger partial charge < -0.3 is 4.74 Å². The number of fused-ring (bicyclic) bond motifs is 1. The van der Waals surface area contributed by atoms with Crippen LogP contribution in [0, 0.1) is 0 Å². The highest BCUT2D eigenvalue weighted by molar-refractivity contribution is 7.22. The molecule has 0 aliphatic carbocycles. The van der Waals surface area contributed by atoms with Crippen molar-refractivity contribution in [3.8, 4) is 0 Å². The van der Waals surface area contributed by atoms with Gasteiger partial charge in [-0.2, -0.15) is 0 Å². The zero-order chi connectivity index (χ0) is 17.2. The fourth-order valence-corrected chi connectivity index (χ4v) is 4.06.